The van der Waals surface area contributed by atoms with Gasteiger partial charge in [0.15, 0.2) is 0 Å². The molecule has 2 fully saturated rings. The van der Waals surface area contributed by atoms with Crippen molar-refractivity contribution < 1.29 is 13.2 Å². The zero-order chi connectivity index (χ0) is 14.3. The number of hydrogen-bond acceptors (Lipinski definition) is 4. The van der Waals surface area contributed by atoms with E-state index < -0.39 is 9.84 Å². The quantitative estimate of drug-likeness (QED) is 0.750. The van der Waals surface area contributed by atoms with Crippen LogP contribution < -0.4 is 0 Å². The summed E-state index contributed by atoms with van der Waals surface area (Å²) in [4.78, 5) is 16.1. The van der Waals surface area contributed by atoms with E-state index >= 15 is 0 Å². The molecule has 2 rings (SSSR count). The van der Waals surface area contributed by atoms with Crippen LogP contribution >= 0.6 is 0 Å². The average Bonchev–Trinajstić information content (AvgIpc) is 2.67. The van der Waals surface area contributed by atoms with Crippen LogP contribution in [0.4, 0.5) is 0 Å². The Balaban J connectivity index is 1.79. The largest absolute Gasteiger partial charge is 0.341 e. The first kappa shape index (κ1) is 14.8. The number of amides is 1. The second-order valence-electron chi connectivity index (χ2n) is 6.44. The highest BCUT2D eigenvalue weighted by atomic mass is 32.2. The van der Waals surface area contributed by atoms with Crippen molar-refractivity contribution in [2.24, 2.45) is 5.41 Å². The Morgan fingerprint density at radius 3 is 2.37 bits per heavy atom. The van der Waals surface area contributed by atoms with Crippen molar-refractivity contribution in [1.82, 2.24) is 9.80 Å². The van der Waals surface area contributed by atoms with Crippen LogP contribution in [0.2, 0.25) is 0 Å². The molecule has 0 radical (unpaired) electrons. The van der Waals surface area contributed by atoms with E-state index in [0.29, 0.717) is 6.04 Å². The Hall–Kier alpha value is -0.620. The van der Waals surface area contributed by atoms with E-state index in [1.807, 2.05) is 4.90 Å². The van der Waals surface area contributed by atoms with Crippen LogP contribution in [0.1, 0.15) is 26.7 Å². The van der Waals surface area contributed by atoms with Crippen LogP contribution in [0.25, 0.3) is 0 Å². The van der Waals surface area contributed by atoms with Crippen LogP contribution in [0.15, 0.2) is 0 Å². The van der Waals surface area contributed by atoms with E-state index in [1.165, 1.54) is 6.26 Å². The molecule has 2 aliphatic rings. The van der Waals surface area contributed by atoms with Crippen molar-refractivity contribution in [3.8, 4) is 0 Å². The van der Waals surface area contributed by atoms with Gasteiger partial charge < -0.3 is 9.80 Å². The van der Waals surface area contributed by atoms with E-state index in [-0.39, 0.29) is 23.5 Å². The highest BCUT2D eigenvalue weighted by Crippen LogP contribution is 2.40. The molecule has 0 aliphatic carbocycles. The van der Waals surface area contributed by atoms with Gasteiger partial charge in [-0.25, -0.2) is 8.42 Å². The monoisotopic (exact) mass is 288 g/mol. The Kier molecular flexibility index (Phi) is 3.93. The van der Waals surface area contributed by atoms with Gasteiger partial charge in [-0.15, -0.1) is 0 Å². The number of hydrogen-bond donors (Lipinski definition) is 0. The molecule has 2 saturated heterocycles. The highest BCUT2D eigenvalue weighted by Gasteiger charge is 2.49. The van der Waals surface area contributed by atoms with Crippen molar-refractivity contribution in [1.29, 1.82) is 0 Å². The SMILES string of the molecule is CC(C)N1CCC2(CN(C(=O)CCS(C)(=O)=O)C2)C1. The third kappa shape index (κ3) is 3.48. The number of sulfone groups is 1. The molecule has 110 valence electrons. The zero-order valence-corrected chi connectivity index (χ0v) is 12.9. The number of carbonyl (C=O) groups excluding carboxylic acids is 1. The van der Waals surface area contributed by atoms with E-state index in [9.17, 15) is 13.2 Å². The molecule has 1 amide bonds. The van der Waals surface area contributed by atoms with Gasteiger partial charge in [0, 0.05) is 43.8 Å². The lowest BCUT2D eigenvalue weighted by atomic mass is 9.79. The van der Waals surface area contributed by atoms with Gasteiger partial charge in [-0.3, -0.25) is 4.79 Å². The molecule has 0 atom stereocenters. The molecule has 19 heavy (non-hydrogen) atoms. The number of nitrogens with zero attached hydrogens (tertiary/aromatic N) is 2. The van der Waals surface area contributed by atoms with Crippen molar-refractivity contribution in [3.63, 3.8) is 0 Å². The molecule has 5 nitrogen and oxygen atoms in total. The summed E-state index contributed by atoms with van der Waals surface area (Å²) in [5, 5.41) is 0. The molecule has 1 spiro atoms. The molecule has 6 heteroatoms. The summed E-state index contributed by atoms with van der Waals surface area (Å²) in [7, 11) is -3.04. The minimum absolute atomic E-state index is 0.0148. The van der Waals surface area contributed by atoms with Crippen molar-refractivity contribution in [2.75, 3.05) is 38.2 Å². The van der Waals surface area contributed by atoms with E-state index in [4.69, 9.17) is 0 Å². The Labute approximate surface area is 115 Å². The summed E-state index contributed by atoms with van der Waals surface area (Å²) in [5.74, 6) is -0.0490. The lowest BCUT2D eigenvalue weighted by Gasteiger charge is -2.48. The first-order chi connectivity index (χ1) is 8.71. The zero-order valence-electron chi connectivity index (χ0n) is 12.1. The summed E-state index contributed by atoms with van der Waals surface area (Å²) in [6.07, 6.45) is 2.46. The smallest absolute Gasteiger partial charge is 0.223 e. The third-order valence-corrected chi connectivity index (χ3v) is 5.24. The van der Waals surface area contributed by atoms with Crippen LogP contribution in [0.3, 0.4) is 0 Å². The fourth-order valence-electron chi connectivity index (χ4n) is 3.04. The van der Waals surface area contributed by atoms with Crippen LogP contribution in [-0.4, -0.2) is 68.4 Å². The van der Waals surface area contributed by atoms with Crippen LogP contribution in [-0.2, 0) is 14.6 Å². The predicted molar refractivity (Wildman–Crippen MR) is 74.7 cm³/mol. The first-order valence-corrected chi connectivity index (χ1v) is 8.96. The first-order valence-electron chi connectivity index (χ1n) is 6.90. The van der Waals surface area contributed by atoms with Gasteiger partial charge in [-0.1, -0.05) is 0 Å². The second kappa shape index (κ2) is 5.05. The fraction of sp³-hybridized carbons (Fsp3) is 0.923. The summed E-state index contributed by atoms with van der Waals surface area (Å²) in [6.45, 7) is 8.20. The van der Waals surface area contributed by atoms with E-state index in [1.54, 1.807) is 0 Å². The molecule has 0 unspecified atom stereocenters. The fourth-order valence-corrected chi connectivity index (χ4v) is 3.58. The van der Waals surface area contributed by atoms with Crippen molar-refractivity contribution >= 4 is 15.7 Å². The van der Waals surface area contributed by atoms with Crippen LogP contribution in [0.5, 0.6) is 0 Å². The standard InChI is InChI=1S/C13H24N2O3S/c1-11(2)14-6-5-13(8-14)9-15(10-13)12(16)4-7-19(3,17)18/h11H,4-10H2,1-3H3. The van der Waals surface area contributed by atoms with Gasteiger partial charge in [0.2, 0.25) is 5.91 Å². The summed E-state index contributed by atoms with van der Waals surface area (Å²) in [5.41, 5.74) is 0.283. The topological polar surface area (TPSA) is 57.7 Å². The molecule has 2 heterocycles. The van der Waals surface area contributed by atoms with Gasteiger partial charge in [-0.05, 0) is 26.8 Å². The third-order valence-electron chi connectivity index (χ3n) is 4.29. The molecule has 0 bridgehead atoms. The molecule has 0 N–H and O–H groups in total. The molecular weight excluding hydrogens is 264 g/mol. The van der Waals surface area contributed by atoms with Gasteiger partial charge >= 0.3 is 0 Å². The van der Waals surface area contributed by atoms with Crippen molar-refractivity contribution in [3.05, 3.63) is 0 Å². The van der Waals surface area contributed by atoms with Gasteiger partial charge in [0.25, 0.3) is 0 Å². The maximum Gasteiger partial charge on any atom is 0.223 e. The second-order valence-corrected chi connectivity index (χ2v) is 8.70. The van der Waals surface area contributed by atoms with E-state index in [2.05, 4.69) is 18.7 Å². The predicted octanol–water partition coefficient (Wildman–Crippen LogP) is 0.364. The number of likely N-dealkylation sites (tertiary alicyclic amines) is 2. The summed E-state index contributed by atoms with van der Waals surface area (Å²) in [6, 6.07) is 0.564. The molecule has 0 saturated carbocycles. The normalized spacial score (nSPS) is 23.1. The maximum atomic E-state index is 11.9. The van der Waals surface area contributed by atoms with Gasteiger partial charge in [0.05, 0.1) is 5.75 Å². The highest BCUT2D eigenvalue weighted by molar-refractivity contribution is 7.90. The van der Waals surface area contributed by atoms with Crippen molar-refractivity contribution in [2.45, 2.75) is 32.7 Å². The summed E-state index contributed by atoms with van der Waals surface area (Å²) >= 11 is 0. The van der Waals surface area contributed by atoms with Crippen LogP contribution in [0, 0.1) is 5.41 Å². The molecular formula is C13H24N2O3S. The molecule has 0 aromatic rings. The minimum atomic E-state index is -3.04. The molecule has 0 aromatic heterocycles. The molecule has 2 aliphatic heterocycles. The van der Waals surface area contributed by atoms with Gasteiger partial charge in [0.1, 0.15) is 9.84 Å². The van der Waals surface area contributed by atoms with E-state index in [0.717, 1.165) is 32.6 Å². The Morgan fingerprint density at radius 2 is 1.89 bits per heavy atom. The lowest BCUT2D eigenvalue weighted by Crippen LogP contribution is -2.59. The van der Waals surface area contributed by atoms with Gasteiger partial charge in [-0.2, -0.15) is 0 Å². The average molecular weight is 288 g/mol. The minimum Gasteiger partial charge on any atom is -0.341 e. The Bertz CT molecular complexity index is 453. The Morgan fingerprint density at radius 1 is 1.26 bits per heavy atom. The number of carbonyl (C=O) groups is 1. The number of rotatable bonds is 4. The summed E-state index contributed by atoms with van der Waals surface area (Å²) < 4.78 is 22.1. The molecule has 0 aromatic carbocycles. The maximum absolute atomic E-state index is 11.9. The lowest BCUT2D eigenvalue weighted by molar-refractivity contribution is -0.142.